The molecule has 2 fully saturated rings. The van der Waals surface area contributed by atoms with E-state index in [1.54, 1.807) is 17.3 Å². The van der Waals surface area contributed by atoms with E-state index in [1.165, 1.54) is 23.3 Å². The number of amides is 1. The molecule has 0 saturated heterocycles. The van der Waals surface area contributed by atoms with Crippen molar-refractivity contribution in [3.63, 3.8) is 0 Å². The van der Waals surface area contributed by atoms with Gasteiger partial charge in [-0.25, -0.2) is 4.98 Å². The number of aryl methyl sites for hydroxylation is 1. The van der Waals surface area contributed by atoms with Gasteiger partial charge in [0.25, 0.3) is 0 Å². The van der Waals surface area contributed by atoms with Crippen LogP contribution in [-0.2, 0) is 21.4 Å². The molecule has 34 heavy (non-hydrogen) atoms. The highest BCUT2D eigenvalue weighted by Gasteiger charge is 2.58. The molecule has 1 heterocycles. The molecule has 5 atom stereocenters. The van der Waals surface area contributed by atoms with E-state index >= 15 is 0 Å². The predicted octanol–water partition coefficient (Wildman–Crippen LogP) is 6.82. The lowest BCUT2D eigenvalue weighted by molar-refractivity contribution is -0.129. The molecule has 0 spiro atoms. The lowest BCUT2D eigenvalue weighted by atomic mass is 9.53. The van der Waals surface area contributed by atoms with E-state index in [2.05, 4.69) is 56.2 Å². The van der Waals surface area contributed by atoms with Crippen LogP contribution in [0.5, 0.6) is 0 Å². The normalized spacial score (nSPS) is 30.4. The number of Topliss-reactive ketones (excluding diaryl/α,β-unsaturated/α-hetero) is 1. The number of hydrogen-bond donors (Lipinski definition) is 1. The first kappa shape index (κ1) is 23.7. The van der Waals surface area contributed by atoms with Crippen LogP contribution in [0.3, 0.4) is 0 Å². The number of nitrogens with zero attached hydrogens (tertiary/aromatic N) is 1. The summed E-state index contributed by atoms with van der Waals surface area (Å²) in [6.07, 6.45) is 8.06. The molecule has 0 bridgehead atoms. The summed E-state index contributed by atoms with van der Waals surface area (Å²) in [6, 6.07) is 6.92. The summed E-state index contributed by atoms with van der Waals surface area (Å²) in [6.45, 7) is 11.2. The summed E-state index contributed by atoms with van der Waals surface area (Å²) < 4.78 is 0. The fourth-order valence-corrected chi connectivity index (χ4v) is 8.24. The average Bonchev–Trinajstić information content (AvgIpc) is 3.30. The summed E-state index contributed by atoms with van der Waals surface area (Å²) in [5, 5.41) is 3.62. The maximum Gasteiger partial charge on any atom is 0.226 e. The number of anilines is 1. The van der Waals surface area contributed by atoms with Crippen molar-refractivity contribution in [1.29, 1.82) is 0 Å². The van der Waals surface area contributed by atoms with E-state index in [-0.39, 0.29) is 16.7 Å². The van der Waals surface area contributed by atoms with Gasteiger partial charge in [-0.2, -0.15) is 0 Å². The molecule has 1 amide bonds. The zero-order valence-electron chi connectivity index (χ0n) is 21.2. The number of carbonyl (C=O) groups excluding carboxylic acids is 2. The molecule has 2 aromatic rings. The van der Waals surface area contributed by atoms with E-state index in [4.69, 9.17) is 0 Å². The maximum absolute atomic E-state index is 13.3. The predicted molar refractivity (Wildman–Crippen MR) is 138 cm³/mol. The Bertz CT molecular complexity index is 1110. The molecule has 1 N–H and O–H groups in total. The summed E-state index contributed by atoms with van der Waals surface area (Å²) in [5.41, 5.74) is 4.54. The highest BCUT2D eigenvalue weighted by atomic mass is 32.1. The van der Waals surface area contributed by atoms with Crippen molar-refractivity contribution in [3.8, 4) is 0 Å². The van der Waals surface area contributed by atoms with Crippen molar-refractivity contribution in [2.24, 2.45) is 23.2 Å². The Morgan fingerprint density at radius 1 is 1.26 bits per heavy atom. The first-order valence-electron chi connectivity index (χ1n) is 13.0. The van der Waals surface area contributed by atoms with Gasteiger partial charge in [0.2, 0.25) is 5.91 Å². The van der Waals surface area contributed by atoms with E-state index in [9.17, 15) is 9.59 Å². The molecule has 0 radical (unpaired) electrons. The average molecular weight is 479 g/mol. The van der Waals surface area contributed by atoms with Crippen LogP contribution in [0.25, 0.3) is 0 Å². The molecule has 5 unspecified atom stereocenters. The fourth-order valence-electron chi connectivity index (χ4n) is 7.56. The van der Waals surface area contributed by atoms with Crippen molar-refractivity contribution in [2.75, 3.05) is 5.32 Å². The van der Waals surface area contributed by atoms with Crippen LogP contribution in [0.4, 0.5) is 5.13 Å². The highest BCUT2D eigenvalue weighted by Crippen LogP contribution is 2.62. The monoisotopic (exact) mass is 478 g/mol. The molecule has 4 nitrogen and oxygen atoms in total. The SMILES string of the molecule is Cc1cnc(NC(=O)CCC2CC(=O)C3(C)CCC4c5cccc(C(C)(C)C)c5CCC4C23)s1. The van der Waals surface area contributed by atoms with Crippen LogP contribution in [0.2, 0.25) is 0 Å². The van der Waals surface area contributed by atoms with Crippen LogP contribution in [0.1, 0.15) is 93.7 Å². The Morgan fingerprint density at radius 3 is 2.76 bits per heavy atom. The first-order chi connectivity index (χ1) is 16.1. The lowest BCUT2D eigenvalue weighted by Crippen LogP contribution is -2.44. The smallest absolute Gasteiger partial charge is 0.226 e. The molecule has 1 aromatic carbocycles. The number of ketones is 1. The van der Waals surface area contributed by atoms with Gasteiger partial charge in [-0.3, -0.25) is 9.59 Å². The van der Waals surface area contributed by atoms with Crippen molar-refractivity contribution >= 4 is 28.2 Å². The molecule has 1 aromatic heterocycles. The van der Waals surface area contributed by atoms with Crippen LogP contribution in [-0.4, -0.2) is 16.7 Å². The Kier molecular flexibility index (Phi) is 5.99. The number of hydrogen-bond acceptors (Lipinski definition) is 4. The number of fused-ring (bicyclic) bond motifs is 5. The van der Waals surface area contributed by atoms with Crippen LogP contribution < -0.4 is 5.32 Å². The molecular weight excluding hydrogens is 440 g/mol. The molecule has 0 aliphatic heterocycles. The molecular formula is C29H38N2O2S. The van der Waals surface area contributed by atoms with Gasteiger partial charge in [0.05, 0.1) is 0 Å². The number of thiazole rings is 1. The minimum Gasteiger partial charge on any atom is -0.302 e. The van der Waals surface area contributed by atoms with Crippen LogP contribution in [0, 0.1) is 30.1 Å². The second kappa shape index (κ2) is 8.58. The van der Waals surface area contributed by atoms with Gasteiger partial charge in [0.15, 0.2) is 5.13 Å². The van der Waals surface area contributed by atoms with E-state index < -0.39 is 0 Å². The standard InChI is InChI=1S/C29H38N2O2S/c1-17-16-30-27(34-17)31-25(33)12-9-18-15-24(32)29(5)14-13-20-19-7-6-8-23(28(2,3)4)21(19)10-11-22(20)26(18)29/h6-8,16,18,20,22,26H,9-15H2,1-5H3,(H,30,31,33). The highest BCUT2D eigenvalue weighted by molar-refractivity contribution is 7.15. The minimum absolute atomic E-state index is 0.0200. The van der Waals surface area contributed by atoms with Crippen molar-refractivity contribution in [3.05, 3.63) is 46.0 Å². The Hall–Kier alpha value is -2.01. The summed E-state index contributed by atoms with van der Waals surface area (Å²) in [5.74, 6) is 2.24. The van der Waals surface area contributed by atoms with Gasteiger partial charge in [-0.05, 0) is 84.8 Å². The third kappa shape index (κ3) is 4.04. The molecule has 5 heteroatoms. The third-order valence-electron chi connectivity index (χ3n) is 9.04. The number of rotatable bonds is 4. The Balaban J connectivity index is 1.36. The molecule has 2 saturated carbocycles. The van der Waals surface area contributed by atoms with Gasteiger partial charge in [0.1, 0.15) is 5.78 Å². The van der Waals surface area contributed by atoms with E-state index in [0.717, 1.165) is 30.6 Å². The fraction of sp³-hybridized carbons (Fsp3) is 0.621. The van der Waals surface area contributed by atoms with Gasteiger partial charge in [0, 0.05) is 29.3 Å². The number of carbonyl (C=O) groups is 2. The lowest BCUT2D eigenvalue weighted by Gasteiger charge is -2.50. The van der Waals surface area contributed by atoms with Gasteiger partial charge < -0.3 is 5.32 Å². The topological polar surface area (TPSA) is 59.1 Å². The maximum atomic E-state index is 13.3. The summed E-state index contributed by atoms with van der Waals surface area (Å²) >= 11 is 1.51. The second-order valence-corrected chi connectivity index (χ2v) is 13.4. The zero-order valence-corrected chi connectivity index (χ0v) is 22.1. The van der Waals surface area contributed by atoms with Gasteiger partial charge >= 0.3 is 0 Å². The molecule has 3 aliphatic rings. The quantitative estimate of drug-likeness (QED) is 0.524. The van der Waals surface area contributed by atoms with E-state index in [0.29, 0.717) is 47.4 Å². The van der Waals surface area contributed by atoms with Crippen molar-refractivity contribution in [2.45, 2.75) is 90.9 Å². The largest absolute Gasteiger partial charge is 0.302 e. The van der Waals surface area contributed by atoms with Gasteiger partial charge in [-0.15, -0.1) is 11.3 Å². The minimum atomic E-state index is -0.214. The van der Waals surface area contributed by atoms with Crippen molar-refractivity contribution < 1.29 is 9.59 Å². The second-order valence-electron chi connectivity index (χ2n) is 12.2. The Labute approximate surface area is 208 Å². The summed E-state index contributed by atoms with van der Waals surface area (Å²) in [4.78, 5) is 31.3. The number of aromatic nitrogens is 1. The number of nitrogens with one attached hydrogen (secondary N) is 1. The van der Waals surface area contributed by atoms with E-state index in [1.807, 2.05) is 6.92 Å². The zero-order chi connectivity index (χ0) is 24.3. The molecule has 182 valence electrons. The van der Waals surface area contributed by atoms with Gasteiger partial charge in [-0.1, -0.05) is 45.9 Å². The van der Waals surface area contributed by atoms with Crippen LogP contribution >= 0.6 is 11.3 Å². The first-order valence-corrected chi connectivity index (χ1v) is 13.8. The van der Waals surface area contributed by atoms with Crippen molar-refractivity contribution in [1.82, 2.24) is 4.98 Å². The summed E-state index contributed by atoms with van der Waals surface area (Å²) in [7, 11) is 0. The third-order valence-corrected chi connectivity index (χ3v) is 9.87. The molecule has 3 aliphatic carbocycles. The number of benzene rings is 1. The Morgan fingerprint density at radius 2 is 2.06 bits per heavy atom. The molecule has 5 rings (SSSR count). The van der Waals surface area contributed by atoms with Crippen LogP contribution in [0.15, 0.2) is 24.4 Å².